The number of hydrogen-bond acceptors (Lipinski definition) is 2. The normalized spacial score (nSPS) is 12.4. The number of hydrogen-bond donors (Lipinski definition) is 1. The summed E-state index contributed by atoms with van der Waals surface area (Å²) in [5, 5.41) is 3.70. The zero-order valence-electron chi connectivity index (χ0n) is 12.4. The monoisotopic (exact) mass is 306 g/mol. The van der Waals surface area contributed by atoms with E-state index in [0.717, 1.165) is 30.6 Å². The van der Waals surface area contributed by atoms with Gasteiger partial charge in [-0.05, 0) is 55.6 Å². The van der Waals surface area contributed by atoms with E-state index in [1.165, 1.54) is 11.6 Å². The van der Waals surface area contributed by atoms with Gasteiger partial charge in [-0.15, -0.1) is 0 Å². The van der Waals surface area contributed by atoms with Crippen molar-refractivity contribution in [2.75, 3.05) is 6.54 Å². The summed E-state index contributed by atoms with van der Waals surface area (Å²) in [4.78, 5) is 4.36. The van der Waals surface area contributed by atoms with Gasteiger partial charge in [-0.25, -0.2) is 4.39 Å². The zero-order valence-corrected chi connectivity index (χ0v) is 13.1. The zero-order chi connectivity index (χ0) is 15.2. The molecule has 0 spiro atoms. The first-order valence-corrected chi connectivity index (χ1v) is 7.58. The summed E-state index contributed by atoms with van der Waals surface area (Å²) < 4.78 is 13.3. The molecule has 0 aliphatic carbocycles. The summed E-state index contributed by atoms with van der Waals surface area (Å²) in [5.74, 6) is -0.379. The van der Waals surface area contributed by atoms with Crippen molar-refractivity contribution in [3.05, 3.63) is 64.2 Å². The van der Waals surface area contributed by atoms with Crippen molar-refractivity contribution in [2.24, 2.45) is 0 Å². The maximum Gasteiger partial charge on any atom is 0.141 e. The lowest BCUT2D eigenvalue weighted by Gasteiger charge is -2.20. The third-order valence-electron chi connectivity index (χ3n) is 3.49. The second-order valence-electron chi connectivity index (χ2n) is 5.14. The van der Waals surface area contributed by atoms with Crippen molar-refractivity contribution in [1.29, 1.82) is 0 Å². The third-order valence-corrected chi connectivity index (χ3v) is 3.78. The molecule has 4 heteroatoms. The minimum absolute atomic E-state index is 0.153. The Bertz CT molecular complexity index is 601. The highest BCUT2D eigenvalue weighted by atomic mass is 35.5. The Balaban J connectivity index is 2.24. The quantitative estimate of drug-likeness (QED) is 0.852. The first-order chi connectivity index (χ1) is 10.1. The van der Waals surface area contributed by atoms with Crippen molar-refractivity contribution in [1.82, 2.24) is 10.3 Å². The van der Waals surface area contributed by atoms with Crippen LogP contribution in [0.5, 0.6) is 0 Å². The van der Waals surface area contributed by atoms with E-state index < -0.39 is 0 Å². The largest absolute Gasteiger partial charge is 0.310 e. The molecule has 1 unspecified atom stereocenters. The van der Waals surface area contributed by atoms with Gasteiger partial charge < -0.3 is 5.32 Å². The Morgan fingerprint density at radius 3 is 2.81 bits per heavy atom. The fourth-order valence-electron chi connectivity index (χ4n) is 2.38. The molecule has 0 saturated carbocycles. The average molecular weight is 307 g/mol. The van der Waals surface area contributed by atoms with E-state index in [1.54, 1.807) is 18.3 Å². The molecule has 0 saturated heterocycles. The van der Waals surface area contributed by atoms with Gasteiger partial charge in [-0.3, -0.25) is 4.98 Å². The van der Waals surface area contributed by atoms with Gasteiger partial charge in [0.2, 0.25) is 0 Å². The van der Waals surface area contributed by atoms with Gasteiger partial charge in [0.05, 0.1) is 5.02 Å². The molecule has 1 aromatic carbocycles. The first kappa shape index (κ1) is 15.9. The van der Waals surface area contributed by atoms with Crippen LogP contribution in [0.25, 0.3) is 0 Å². The fourth-order valence-corrected chi connectivity index (χ4v) is 2.58. The second kappa shape index (κ2) is 7.53. The molecule has 0 radical (unpaired) electrons. The lowest BCUT2D eigenvalue weighted by Crippen LogP contribution is -2.25. The highest BCUT2D eigenvalue weighted by Gasteiger charge is 2.15. The van der Waals surface area contributed by atoms with E-state index in [-0.39, 0.29) is 16.9 Å². The highest BCUT2D eigenvalue weighted by molar-refractivity contribution is 6.30. The SMILES string of the molecule is CCCNC(Cc1ccc(F)c(Cl)c1)c1cccnc1C. The summed E-state index contributed by atoms with van der Waals surface area (Å²) in [5.41, 5.74) is 3.20. The van der Waals surface area contributed by atoms with Crippen molar-refractivity contribution >= 4 is 11.6 Å². The van der Waals surface area contributed by atoms with E-state index in [0.29, 0.717) is 0 Å². The molecular formula is C17H20ClFN2. The number of aromatic nitrogens is 1. The molecule has 0 bridgehead atoms. The van der Waals surface area contributed by atoms with Gasteiger partial charge in [0.25, 0.3) is 0 Å². The third kappa shape index (κ3) is 4.26. The molecule has 0 amide bonds. The van der Waals surface area contributed by atoms with Crippen LogP contribution in [0.4, 0.5) is 4.39 Å². The van der Waals surface area contributed by atoms with Gasteiger partial charge >= 0.3 is 0 Å². The van der Waals surface area contributed by atoms with Crippen LogP contribution >= 0.6 is 11.6 Å². The number of nitrogens with one attached hydrogen (secondary N) is 1. The molecule has 1 atom stereocenters. The second-order valence-corrected chi connectivity index (χ2v) is 5.54. The molecular weight excluding hydrogens is 287 g/mol. The van der Waals surface area contributed by atoms with Gasteiger partial charge in [0.15, 0.2) is 0 Å². The van der Waals surface area contributed by atoms with Gasteiger partial charge in [-0.1, -0.05) is 30.7 Å². The summed E-state index contributed by atoms with van der Waals surface area (Å²) in [6, 6.07) is 9.09. The van der Waals surface area contributed by atoms with Crippen LogP contribution < -0.4 is 5.32 Å². The maximum absolute atomic E-state index is 13.3. The van der Waals surface area contributed by atoms with Crippen LogP contribution in [0.3, 0.4) is 0 Å². The Morgan fingerprint density at radius 1 is 1.33 bits per heavy atom. The van der Waals surface area contributed by atoms with Crippen LogP contribution in [-0.4, -0.2) is 11.5 Å². The van der Waals surface area contributed by atoms with E-state index in [9.17, 15) is 4.39 Å². The minimum Gasteiger partial charge on any atom is -0.310 e. The number of rotatable bonds is 6. The molecule has 1 N–H and O–H groups in total. The molecule has 0 fully saturated rings. The number of aryl methyl sites for hydroxylation is 1. The number of nitrogens with zero attached hydrogens (tertiary/aromatic N) is 1. The Kier molecular flexibility index (Phi) is 5.71. The molecule has 0 aliphatic heterocycles. The Hall–Kier alpha value is -1.45. The Labute approximate surface area is 130 Å². The molecule has 21 heavy (non-hydrogen) atoms. The first-order valence-electron chi connectivity index (χ1n) is 7.20. The van der Waals surface area contributed by atoms with Crippen molar-refractivity contribution in [2.45, 2.75) is 32.7 Å². The minimum atomic E-state index is -0.379. The summed E-state index contributed by atoms with van der Waals surface area (Å²) in [7, 11) is 0. The lowest BCUT2D eigenvalue weighted by atomic mass is 9.97. The van der Waals surface area contributed by atoms with E-state index in [4.69, 9.17) is 11.6 Å². The van der Waals surface area contributed by atoms with Crippen molar-refractivity contribution in [3.8, 4) is 0 Å². The maximum atomic E-state index is 13.3. The number of pyridine rings is 1. The number of benzene rings is 1. The lowest BCUT2D eigenvalue weighted by molar-refractivity contribution is 0.524. The molecule has 0 aliphatic rings. The van der Waals surface area contributed by atoms with E-state index in [1.807, 2.05) is 13.0 Å². The average Bonchev–Trinajstić information content (AvgIpc) is 2.48. The summed E-state index contributed by atoms with van der Waals surface area (Å²) in [6.45, 7) is 5.07. The summed E-state index contributed by atoms with van der Waals surface area (Å²) in [6.07, 6.45) is 3.61. The summed E-state index contributed by atoms with van der Waals surface area (Å²) >= 11 is 5.87. The van der Waals surface area contributed by atoms with Gasteiger partial charge in [0, 0.05) is 17.9 Å². The molecule has 112 valence electrons. The van der Waals surface area contributed by atoms with E-state index >= 15 is 0 Å². The van der Waals surface area contributed by atoms with Crippen LogP contribution in [0.15, 0.2) is 36.5 Å². The van der Waals surface area contributed by atoms with Crippen LogP contribution in [-0.2, 0) is 6.42 Å². The van der Waals surface area contributed by atoms with Crippen LogP contribution in [0.1, 0.15) is 36.2 Å². The molecule has 2 aromatic rings. The Morgan fingerprint density at radius 2 is 2.14 bits per heavy atom. The topological polar surface area (TPSA) is 24.9 Å². The van der Waals surface area contributed by atoms with Crippen molar-refractivity contribution in [3.63, 3.8) is 0 Å². The predicted octanol–water partition coefficient (Wildman–Crippen LogP) is 4.47. The molecule has 1 aromatic heterocycles. The number of halogens is 2. The molecule has 1 heterocycles. The van der Waals surface area contributed by atoms with Crippen LogP contribution in [0, 0.1) is 12.7 Å². The van der Waals surface area contributed by atoms with Crippen molar-refractivity contribution < 1.29 is 4.39 Å². The molecule has 2 rings (SSSR count). The fraction of sp³-hybridized carbons (Fsp3) is 0.353. The standard InChI is InChI=1S/C17H20ClFN2/c1-3-8-21-17(14-5-4-9-20-12(14)2)11-13-6-7-16(19)15(18)10-13/h4-7,9-10,17,21H,3,8,11H2,1-2H3. The predicted molar refractivity (Wildman–Crippen MR) is 85.1 cm³/mol. The molecule has 2 nitrogen and oxygen atoms in total. The van der Waals surface area contributed by atoms with E-state index in [2.05, 4.69) is 23.3 Å². The smallest absolute Gasteiger partial charge is 0.141 e. The highest BCUT2D eigenvalue weighted by Crippen LogP contribution is 2.23. The van der Waals surface area contributed by atoms with Gasteiger partial charge in [-0.2, -0.15) is 0 Å². The van der Waals surface area contributed by atoms with Crippen LogP contribution in [0.2, 0.25) is 5.02 Å². The van der Waals surface area contributed by atoms with Gasteiger partial charge in [0.1, 0.15) is 5.82 Å².